The summed E-state index contributed by atoms with van der Waals surface area (Å²) in [6, 6.07) is 10.6. The number of anilines is 3. The van der Waals surface area contributed by atoms with Crippen molar-refractivity contribution in [1.29, 1.82) is 0 Å². The molecule has 2 heterocycles. The minimum Gasteiger partial charge on any atom is -0.351 e. The first-order chi connectivity index (χ1) is 10.3. The van der Waals surface area contributed by atoms with Crippen molar-refractivity contribution in [2.24, 2.45) is 0 Å². The van der Waals surface area contributed by atoms with Gasteiger partial charge in [0.15, 0.2) is 0 Å². The normalized spacial score (nSPS) is 13.7. The Kier molecular flexibility index (Phi) is 3.86. The van der Waals surface area contributed by atoms with Crippen molar-refractivity contribution in [3.05, 3.63) is 54.2 Å². The molecule has 0 fully saturated rings. The second-order valence-electron chi connectivity index (χ2n) is 5.24. The second-order valence-corrected chi connectivity index (χ2v) is 5.24. The summed E-state index contributed by atoms with van der Waals surface area (Å²) in [6.07, 6.45) is 4.09. The SMILES string of the molecule is C=CCNc1nc(C)cc(N2CCCc3ccccc32)n1. The van der Waals surface area contributed by atoms with Crippen molar-refractivity contribution in [3.63, 3.8) is 0 Å². The van der Waals surface area contributed by atoms with Crippen LogP contribution >= 0.6 is 0 Å². The number of rotatable bonds is 4. The summed E-state index contributed by atoms with van der Waals surface area (Å²) < 4.78 is 0. The zero-order chi connectivity index (χ0) is 14.7. The largest absolute Gasteiger partial charge is 0.351 e. The topological polar surface area (TPSA) is 41.1 Å². The van der Waals surface area contributed by atoms with E-state index in [2.05, 4.69) is 51.0 Å². The van der Waals surface area contributed by atoms with Gasteiger partial charge >= 0.3 is 0 Å². The van der Waals surface area contributed by atoms with Crippen molar-refractivity contribution in [3.8, 4) is 0 Å². The Balaban J connectivity index is 1.97. The third kappa shape index (κ3) is 2.89. The lowest BCUT2D eigenvalue weighted by atomic mass is 10.0. The van der Waals surface area contributed by atoms with Gasteiger partial charge in [-0.05, 0) is 31.4 Å². The van der Waals surface area contributed by atoms with Crippen LogP contribution in [0.5, 0.6) is 0 Å². The van der Waals surface area contributed by atoms with Crippen LogP contribution in [0, 0.1) is 6.92 Å². The van der Waals surface area contributed by atoms with E-state index in [1.54, 1.807) is 0 Å². The van der Waals surface area contributed by atoms with E-state index < -0.39 is 0 Å². The Labute approximate surface area is 125 Å². The van der Waals surface area contributed by atoms with Crippen molar-refractivity contribution in [1.82, 2.24) is 9.97 Å². The van der Waals surface area contributed by atoms with E-state index in [-0.39, 0.29) is 0 Å². The van der Waals surface area contributed by atoms with Gasteiger partial charge in [0, 0.05) is 30.5 Å². The number of aromatic nitrogens is 2. The second kappa shape index (κ2) is 5.95. The van der Waals surface area contributed by atoms with Gasteiger partial charge < -0.3 is 10.2 Å². The predicted molar refractivity (Wildman–Crippen MR) is 87.2 cm³/mol. The molecule has 1 aromatic carbocycles. The lowest BCUT2D eigenvalue weighted by Gasteiger charge is -2.30. The smallest absolute Gasteiger partial charge is 0.225 e. The average molecular weight is 280 g/mol. The highest BCUT2D eigenvalue weighted by molar-refractivity contribution is 5.66. The molecule has 21 heavy (non-hydrogen) atoms. The number of fused-ring (bicyclic) bond motifs is 1. The predicted octanol–water partition coefficient (Wildman–Crippen LogP) is 3.47. The summed E-state index contributed by atoms with van der Waals surface area (Å²) in [4.78, 5) is 11.4. The zero-order valence-electron chi connectivity index (χ0n) is 12.3. The van der Waals surface area contributed by atoms with Crippen molar-refractivity contribution in [2.45, 2.75) is 19.8 Å². The van der Waals surface area contributed by atoms with Gasteiger partial charge in [0.05, 0.1) is 0 Å². The van der Waals surface area contributed by atoms with Crippen LogP contribution < -0.4 is 10.2 Å². The van der Waals surface area contributed by atoms with E-state index in [1.807, 2.05) is 19.1 Å². The van der Waals surface area contributed by atoms with Crippen LogP contribution in [0.3, 0.4) is 0 Å². The highest BCUT2D eigenvalue weighted by Gasteiger charge is 2.19. The van der Waals surface area contributed by atoms with Crippen LogP contribution in [-0.4, -0.2) is 23.1 Å². The fourth-order valence-electron chi connectivity index (χ4n) is 2.70. The Hall–Kier alpha value is -2.36. The Morgan fingerprint density at radius 2 is 2.19 bits per heavy atom. The number of aryl methyl sites for hydroxylation is 2. The molecule has 0 unspecified atom stereocenters. The molecule has 0 radical (unpaired) electrons. The molecule has 0 spiro atoms. The third-order valence-electron chi connectivity index (χ3n) is 3.63. The summed E-state index contributed by atoms with van der Waals surface area (Å²) in [5, 5.41) is 3.17. The van der Waals surface area contributed by atoms with Crippen LogP contribution in [0.15, 0.2) is 43.0 Å². The number of nitrogens with one attached hydrogen (secondary N) is 1. The van der Waals surface area contributed by atoms with Crippen molar-refractivity contribution >= 4 is 17.5 Å². The fraction of sp³-hybridized carbons (Fsp3) is 0.294. The van der Waals surface area contributed by atoms with E-state index in [9.17, 15) is 0 Å². The van der Waals surface area contributed by atoms with Crippen LogP contribution in [-0.2, 0) is 6.42 Å². The van der Waals surface area contributed by atoms with Gasteiger partial charge in [0.1, 0.15) is 5.82 Å². The molecule has 0 amide bonds. The maximum atomic E-state index is 4.65. The molecule has 1 aliphatic heterocycles. The quantitative estimate of drug-likeness (QED) is 0.871. The highest BCUT2D eigenvalue weighted by Crippen LogP contribution is 2.32. The summed E-state index contributed by atoms with van der Waals surface area (Å²) >= 11 is 0. The van der Waals surface area contributed by atoms with Crippen LogP contribution in [0.2, 0.25) is 0 Å². The van der Waals surface area contributed by atoms with Gasteiger partial charge in [0.2, 0.25) is 5.95 Å². The van der Waals surface area contributed by atoms with Crippen LogP contribution in [0.1, 0.15) is 17.7 Å². The number of hydrogen-bond donors (Lipinski definition) is 1. The Morgan fingerprint density at radius 3 is 3.05 bits per heavy atom. The number of nitrogens with zero attached hydrogens (tertiary/aromatic N) is 3. The number of hydrogen-bond acceptors (Lipinski definition) is 4. The lowest BCUT2D eigenvalue weighted by Crippen LogP contribution is -2.25. The summed E-state index contributed by atoms with van der Waals surface area (Å²) in [5.41, 5.74) is 3.62. The highest BCUT2D eigenvalue weighted by atomic mass is 15.2. The van der Waals surface area contributed by atoms with Gasteiger partial charge in [-0.1, -0.05) is 24.3 Å². The molecule has 3 rings (SSSR count). The van der Waals surface area contributed by atoms with Crippen LogP contribution in [0.4, 0.5) is 17.5 Å². The maximum Gasteiger partial charge on any atom is 0.225 e. The summed E-state index contributed by atoms with van der Waals surface area (Å²) in [6.45, 7) is 7.37. The summed E-state index contributed by atoms with van der Waals surface area (Å²) in [7, 11) is 0. The van der Waals surface area contributed by atoms with E-state index in [1.165, 1.54) is 11.3 Å². The van der Waals surface area contributed by atoms with Gasteiger partial charge in [-0.15, -0.1) is 6.58 Å². The first kappa shape index (κ1) is 13.6. The molecule has 108 valence electrons. The van der Waals surface area contributed by atoms with E-state index in [0.717, 1.165) is 30.9 Å². The van der Waals surface area contributed by atoms with Crippen molar-refractivity contribution in [2.75, 3.05) is 23.3 Å². The molecule has 2 aromatic rings. The molecule has 1 aromatic heterocycles. The first-order valence-corrected chi connectivity index (χ1v) is 7.34. The van der Waals surface area contributed by atoms with E-state index >= 15 is 0 Å². The molecular weight excluding hydrogens is 260 g/mol. The van der Waals surface area contributed by atoms with E-state index in [4.69, 9.17) is 0 Å². The lowest BCUT2D eigenvalue weighted by molar-refractivity contribution is 0.758. The molecule has 1 N–H and O–H groups in total. The molecule has 4 heteroatoms. The minimum atomic E-state index is 0.660. The molecule has 0 saturated heterocycles. The molecule has 0 aliphatic carbocycles. The van der Waals surface area contributed by atoms with Gasteiger partial charge in [-0.2, -0.15) is 4.98 Å². The van der Waals surface area contributed by atoms with Gasteiger partial charge in [-0.25, -0.2) is 4.98 Å². The number of benzene rings is 1. The fourth-order valence-corrected chi connectivity index (χ4v) is 2.70. The Bertz CT molecular complexity index is 651. The molecule has 0 bridgehead atoms. The maximum absolute atomic E-state index is 4.65. The third-order valence-corrected chi connectivity index (χ3v) is 3.63. The van der Waals surface area contributed by atoms with Crippen molar-refractivity contribution < 1.29 is 0 Å². The standard InChI is InChI=1S/C17H20N4/c1-3-10-18-17-19-13(2)12-16(20-17)21-11-6-8-14-7-4-5-9-15(14)21/h3-5,7,9,12H,1,6,8,10-11H2,2H3,(H,18,19,20). The van der Waals surface area contributed by atoms with Gasteiger partial charge in [-0.3, -0.25) is 0 Å². The van der Waals surface area contributed by atoms with E-state index in [0.29, 0.717) is 12.5 Å². The zero-order valence-corrected chi connectivity index (χ0v) is 12.3. The molecular formula is C17H20N4. The molecule has 4 nitrogen and oxygen atoms in total. The molecule has 0 atom stereocenters. The van der Waals surface area contributed by atoms with Crippen LogP contribution in [0.25, 0.3) is 0 Å². The first-order valence-electron chi connectivity index (χ1n) is 7.34. The molecule has 0 saturated carbocycles. The Morgan fingerprint density at radius 1 is 1.33 bits per heavy atom. The summed E-state index contributed by atoms with van der Waals surface area (Å²) in [5.74, 6) is 1.62. The minimum absolute atomic E-state index is 0.660. The molecule has 1 aliphatic rings. The monoisotopic (exact) mass is 280 g/mol. The van der Waals surface area contributed by atoms with Gasteiger partial charge in [0.25, 0.3) is 0 Å². The number of para-hydroxylation sites is 1. The average Bonchev–Trinajstić information content (AvgIpc) is 2.52.